The molecule has 6 nitrogen and oxygen atoms in total. The maximum Gasteiger partial charge on any atom is 0.310 e. The number of nitrogens with one attached hydrogen (secondary N) is 2. The summed E-state index contributed by atoms with van der Waals surface area (Å²) in [5.74, 6) is -1.47. The number of esters is 1. The van der Waals surface area contributed by atoms with Crippen molar-refractivity contribution >= 4 is 45.1 Å². The minimum Gasteiger partial charge on any atom is -0.461 e. The minimum atomic E-state index is -0.447. The van der Waals surface area contributed by atoms with Crippen molar-refractivity contribution < 1.29 is 19.1 Å². The number of halogens is 1. The van der Waals surface area contributed by atoms with E-state index in [1.165, 1.54) is 0 Å². The molecule has 2 saturated carbocycles. The van der Waals surface area contributed by atoms with Gasteiger partial charge in [-0.3, -0.25) is 14.4 Å². The fourth-order valence-corrected chi connectivity index (χ4v) is 6.52. The lowest BCUT2D eigenvalue weighted by Crippen LogP contribution is -2.40. The molecule has 2 aromatic carbocycles. The predicted octanol–water partition coefficient (Wildman–Crippen LogP) is 4.01. The van der Waals surface area contributed by atoms with Crippen LogP contribution in [0.15, 0.2) is 48.5 Å². The predicted molar refractivity (Wildman–Crippen MR) is 120 cm³/mol. The van der Waals surface area contributed by atoms with Crippen molar-refractivity contribution in [2.24, 2.45) is 23.7 Å². The van der Waals surface area contributed by atoms with Crippen LogP contribution >= 0.6 is 15.9 Å². The van der Waals surface area contributed by atoms with Crippen LogP contribution in [-0.4, -0.2) is 28.7 Å². The zero-order chi connectivity index (χ0) is 21.7. The molecule has 2 bridgehead atoms. The second-order valence-corrected chi connectivity index (χ2v) is 9.52. The summed E-state index contributed by atoms with van der Waals surface area (Å²) in [6.45, 7) is 2.03. The van der Waals surface area contributed by atoms with Gasteiger partial charge in [-0.1, -0.05) is 53.2 Å². The van der Waals surface area contributed by atoms with E-state index in [1.807, 2.05) is 31.2 Å². The SMILES string of the molecule is CCc1ccccc1NC(=O)c1ccccc1NC(=O)[C@@H]1[C@H]2C[C@H]3[C@H](OC(=O)[C@H]31)[C@H]2Br. The van der Waals surface area contributed by atoms with Crippen molar-refractivity contribution in [1.29, 1.82) is 0 Å². The zero-order valence-electron chi connectivity index (χ0n) is 17.0. The molecule has 7 heteroatoms. The van der Waals surface area contributed by atoms with E-state index >= 15 is 0 Å². The van der Waals surface area contributed by atoms with Crippen molar-refractivity contribution in [2.75, 3.05) is 10.6 Å². The van der Waals surface area contributed by atoms with Gasteiger partial charge in [-0.25, -0.2) is 0 Å². The number of fused-ring (bicyclic) bond motifs is 1. The Kier molecular flexibility index (Phi) is 5.08. The monoisotopic (exact) mass is 482 g/mol. The second-order valence-electron chi connectivity index (χ2n) is 8.46. The fourth-order valence-electron chi connectivity index (χ4n) is 5.48. The van der Waals surface area contributed by atoms with Gasteiger partial charge in [-0.2, -0.15) is 0 Å². The summed E-state index contributed by atoms with van der Waals surface area (Å²) in [6, 6.07) is 14.6. The lowest BCUT2D eigenvalue weighted by atomic mass is 9.79. The standard InChI is InChI=1S/C24H23BrN2O4/c1-2-12-7-3-5-9-16(12)26-22(28)13-8-4-6-10-17(13)27-23(29)18-14-11-15-19(18)24(30)31-21(15)20(14)25/h3-10,14-15,18-21H,2,11H2,1H3,(H,26,28)(H,27,29)/t14-,15-,18-,19-,20+,21+/m1/s1. The molecule has 3 aliphatic rings. The Hall–Kier alpha value is -2.67. The van der Waals surface area contributed by atoms with Gasteiger partial charge in [0.05, 0.1) is 27.9 Å². The average Bonchev–Trinajstić information content (AvgIpc) is 3.38. The lowest BCUT2D eigenvalue weighted by Gasteiger charge is -2.27. The van der Waals surface area contributed by atoms with Gasteiger partial charge in [0.25, 0.3) is 5.91 Å². The fraction of sp³-hybridized carbons (Fsp3) is 0.375. The first kappa shape index (κ1) is 20.2. The summed E-state index contributed by atoms with van der Waals surface area (Å²) >= 11 is 3.64. The molecule has 0 radical (unpaired) electrons. The molecule has 160 valence electrons. The van der Waals surface area contributed by atoms with Crippen molar-refractivity contribution in [3.8, 4) is 0 Å². The Morgan fingerprint density at radius 1 is 1.03 bits per heavy atom. The maximum absolute atomic E-state index is 13.2. The average molecular weight is 483 g/mol. The number of alkyl halides is 1. The van der Waals surface area contributed by atoms with Crippen molar-refractivity contribution in [2.45, 2.75) is 30.7 Å². The summed E-state index contributed by atoms with van der Waals surface area (Å²) in [4.78, 5) is 38.6. The van der Waals surface area contributed by atoms with Gasteiger partial charge in [0.1, 0.15) is 6.10 Å². The number of para-hydroxylation sites is 2. The molecule has 0 aromatic heterocycles. The van der Waals surface area contributed by atoms with Crippen LogP contribution in [0.4, 0.5) is 11.4 Å². The third-order valence-corrected chi connectivity index (χ3v) is 8.10. The molecule has 3 fully saturated rings. The van der Waals surface area contributed by atoms with Gasteiger partial charge >= 0.3 is 5.97 Å². The van der Waals surface area contributed by atoms with E-state index in [0.717, 1.165) is 24.1 Å². The largest absolute Gasteiger partial charge is 0.461 e. The maximum atomic E-state index is 13.2. The molecule has 0 unspecified atom stereocenters. The highest BCUT2D eigenvalue weighted by atomic mass is 79.9. The zero-order valence-corrected chi connectivity index (χ0v) is 18.6. The third-order valence-electron chi connectivity index (χ3n) is 6.90. The van der Waals surface area contributed by atoms with Crippen LogP contribution < -0.4 is 10.6 Å². The van der Waals surface area contributed by atoms with E-state index in [-0.39, 0.29) is 46.5 Å². The normalized spacial score (nSPS) is 30.2. The van der Waals surface area contributed by atoms with Crippen LogP contribution in [0.1, 0.15) is 29.3 Å². The molecule has 5 rings (SSSR count). The number of carbonyl (C=O) groups is 3. The van der Waals surface area contributed by atoms with E-state index < -0.39 is 5.92 Å². The summed E-state index contributed by atoms with van der Waals surface area (Å²) < 4.78 is 5.50. The first-order valence-electron chi connectivity index (χ1n) is 10.6. The lowest BCUT2D eigenvalue weighted by molar-refractivity contribution is -0.145. The molecule has 1 aliphatic heterocycles. The number of hydrogen-bond acceptors (Lipinski definition) is 4. The molecule has 2 aliphatic carbocycles. The first-order chi connectivity index (χ1) is 15.0. The van der Waals surface area contributed by atoms with E-state index in [2.05, 4.69) is 26.6 Å². The molecule has 0 spiro atoms. The molecule has 1 heterocycles. The Morgan fingerprint density at radius 3 is 2.52 bits per heavy atom. The van der Waals surface area contributed by atoms with E-state index in [9.17, 15) is 14.4 Å². The highest BCUT2D eigenvalue weighted by Crippen LogP contribution is 2.60. The van der Waals surface area contributed by atoms with E-state index in [0.29, 0.717) is 11.3 Å². The molecule has 2 N–H and O–H groups in total. The quantitative estimate of drug-likeness (QED) is 0.497. The topological polar surface area (TPSA) is 84.5 Å². The van der Waals surface area contributed by atoms with Gasteiger partial charge in [0.2, 0.25) is 5.91 Å². The van der Waals surface area contributed by atoms with Crippen LogP contribution in [0.3, 0.4) is 0 Å². The highest BCUT2D eigenvalue weighted by Gasteiger charge is 2.67. The molecule has 1 saturated heterocycles. The van der Waals surface area contributed by atoms with Crippen LogP contribution in [0, 0.1) is 23.7 Å². The van der Waals surface area contributed by atoms with Crippen molar-refractivity contribution in [1.82, 2.24) is 0 Å². The minimum absolute atomic E-state index is 0.0000350. The molecule has 2 aromatic rings. The number of ether oxygens (including phenoxy) is 1. The Morgan fingerprint density at radius 2 is 1.74 bits per heavy atom. The molecular weight excluding hydrogens is 460 g/mol. The summed E-state index contributed by atoms with van der Waals surface area (Å²) in [5.41, 5.74) is 2.62. The summed E-state index contributed by atoms with van der Waals surface area (Å²) in [7, 11) is 0. The number of anilines is 2. The van der Waals surface area contributed by atoms with E-state index in [1.54, 1.807) is 24.3 Å². The number of carbonyl (C=O) groups excluding carboxylic acids is 3. The number of rotatable bonds is 5. The second kappa shape index (κ2) is 7.79. The van der Waals surface area contributed by atoms with Gasteiger partial charge < -0.3 is 15.4 Å². The number of benzene rings is 2. The highest BCUT2D eigenvalue weighted by molar-refractivity contribution is 9.09. The van der Waals surface area contributed by atoms with Crippen LogP contribution in [0.2, 0.25) is 0 Å². The number of amides is 2. The summed E-state index contributed by atoms with van der Waals surface area (Å²) in [6.07, 6.45) is 1.49. The Labute approximate surface area is 188 Å². The number of hydrogen-bond donors (Lipinski definition) is 2. The van der Waals surface area contributed by atoms with Gasteiger partial charge in [-0.05, 0) is 42.5 Å². The van der Waals surface area contributed by atoms with Gasteiger partial charge in [0.15, 0.2) is 0 Å². The van der Waals surface area contributed by atoms with Gasteiger partial charge in [-0.15, -0.1) is 0 Å². The van der Waals surface area contributed by atoms with E-state index in [4.69, 9.17) is 4.74 Å². The van der Waals surface area contributed by atoms with Crippen molar-refractivity contribution in [3.63, 3.8) is 0 Å². The molecular formula is C24H23BrN2O4. The molecule has 6 atom stereocenters. The molecule has 2 amide bonds. The smallest absolute Gasteiger partial charge is 0.310 e. The number of aryl methyl sites for hydroxylation is 1. The van der Waals surface area contributed by atoms with Crippen molar-refractivity contribution in [3.05, 3.63) is 59.7 Å². The van der Waals surface area contributed by atoms with Crippen LogP contribution in [0.25, 0.3) is 0 Å². The Bertz CT molecular complexity index is 1070. The third kappa shape index (κ3) is 3.26. The summed E-state index contributed by atoms with van der Waals surface area (Å²) in [5, 5.41) is 5.88. The van der Waals surface area contributed by atoms with Gasteiger partial charge in [0, 0.05) is 11.6 Å². The van der Waals surface area contributed by atoms with Crippen LogP contribution in [0.5, 0.6) is 0 Å². The first-order valence-corrected chi connectivity index (χ1v) is 11.5. The van der Waals surface area contributed by atoms with Crippen LogP contribution in [-0.2, 0) is 20.7 Å². The Balaban J connectivity index is 1.37. The molecule has 31 heavy (non-hydrogen) atoms.